The van der Waals surface area contributed by atoms with Gasteiger partial charge in [-0.25, -0.2) is 0 Å². The summed E-state index contributed by atoms with van der Waals surface area (Å²) < 4.78 is 5.40. The Morgan fingerprint density at radius 3 is 2.38 bits per heavy atom. The van der Waals surface area contributed by atoms with Crippen molar-refractivity contribution in [3.63, 3.8) is 0 Å². The van der Waals surface area contributed by atoms with Crippen molar-refractivity contribution in [2.24, 2.45) is 11.1 Å². The number of carbonyl (C=O) groups excluding carboxylic acids is 2. The minimum absolute atomic E-state index is 0.111. The maximum atomic E-state index is 13.0. The molecule has 136 valence electrons. The van der Waals surface area contributed by atoms with Gasteiger partial charge in [0.1, 0.15) is 0 Å². The van der Waals surface area contributed by atoms with Gasteiger partial charge in [-0.1, -0.05) is 0 Å². The van der Waals surface area contributed by atoms with Crippen LogP contribution in [-0.4, -0.2) is 79.6 Å². The van der Waals surface area contributed by atoms with Crippen molar-refractivity contribution < 1.29 is 14.3 Å². The van der Waals surface area contributed by atoms with Crippen LogP contribution in [0.4, 0.5) is 0 Å². The van der Waals surface area contributed by atoms with Crippen LogP contribution in [0.3, 0.4) is 0 Å². The van der Waals surface area contributed by atoms with Gasteiger partial charge in [0.25, 0.3) is 0 Å². The van der Waals surface area contributed by atoms with E-state index in [-0.39, 0.29) is 17.9 Å². The number of amides is 2. The maximum absolute atomic E-state index is 13.0. The highest BCUT2D eigenvalue weighted by Crippen LogP contribution is 2.32. The van der Waals surface area contributed by atoms with E-state index in [1.165, 1.54) is 0 Å². The van der Waals surface area contributed by atoms with Crippen LogP contribution >= 0.6 is 0 Å². The molecule has 1 unspecified atom stereocenters. The first-order valence-electron chi connectivity index (χ1n) is 9.17. The van der Waals surface area contributed by atoms with Crippen LogP contribution in [0.1, 0.15) is 32.6 Å². The second-order valence-electron chi connectivity index (χ2n) is 7.38. The fraction of sp³-hybridized carbons (Fsp3) is 0.882. The van der Waals surface area contributed by atoms with Gasteiger partial charge in [-0.15, -0.1) is 0 Å². The first-order valence-corrected chi connectivity index (χ1v) is 9.17. The van der Waals surface area contributed by atoms with E-state index in [4.69, 9.17) is 10.5 Å². The highest BCUT2D eigenvalue weighted by atomic mass is 16.5. The Morgan fingerprint density at radius 2 is 1.83 bits per heavy atom. The first kappa shape index (κ1) is 17.6. The summed E-state index contributed by atoms with van der Waals surface area (Å²) in [5, 5.41) is 3.06. The molecule has 0 aromatic heterocycles. The Kier molecular flexibility index (Phi) is 5.42. The zero-order valence-electron chi connectivity index (χ0n) is 14.6. The van der Waals surface area contributed by atoms with Crippen molar-refractivity contribution >= 4 is 11.8 Å². The normalized spacial score (nSPS) is 26.0. The van der Waals surface area contributed by atoms with E-state index in [1.54, 1.807) is 0 Å². The molecule has 0 radical (unpaired) electrons. The van der Waals surface area contributed by atoms with Gasteiger partial charge in [-0.2, -0.15) is 0 Å². The molecule has 0 aromatic carbocycles. The molecule has 0 bridgehead atoms. The standard InChI is InChI=1S/C17H30N4O3/c1-13(15(22)19-14-2-3-14)20-6-8-21(9-7-20)16(23)17(12-18)4-10-24-11-5-17/h13-14H,2-12,18H2,1H3,(H,19,22). The average molecular weight is 338 g/mol. The van der Waals surface area contributed by atoms with Crippen LogP contribution in [0.25, 0.3) is 0 Å². The molecule has 2 heterocycles. The molecule has 3 rings (SSSR count). The molecule has 2 amide bonds. The van der Waals surface area contributed by atoms with E-state index < -0.39 is 5.41 Å². The number of ether oxygens (including phenoxy) is 1. The third-order valence-corrected chi connectivity index (χ3v) is 5.75. The smallest absolute Gasteiger partial charge is 0.237 e. The third kappa shape index (κ3) is 3.73. The predicted octanol–water partition coefficient (Wildman–Crippen LogP) is -0.447. The zero-order chi connectivity index (χ0) is 17.2. The average Bonchev–Trinajstić information content (AvgIpc) is 3.45. The first-order chi connectivity index (χ1) is 11.6. The van der Waals surface area contributed by atoms with E-state index in [0.29, 0.717) is 51.7 Å². The van der Waals surface area contributed by atoms with Gasteiger partial charge < -0.3 is 20.7 Å². The summed E-state index contributed by atoms with van der Waals surface area (Å²) in [6.45, 7) is 6.38. The number of hydrogen-bond acceptors (Lipinski definition) is 5. The lowest BCUT2D eigenvalue weighted by Crippen LogP contribution is -2.59. The maximum Gasteiger partial charge on any atom is 0.237 e. The third-order valence-electron chi connectivity index (χ3n) is 5.75. The Morgan fingerprint density at radius 1 is 1.21 bits per heavy atom. The molecule has 24 heavy (non-hydrogen) atoms. The molecule has 1 saturated carbocycles. The topological polar surface area (TPSA) is 87.9 Å². The summed E-state index contributed by atoms with van der Waals surface area (Å²) in [7, 11) is 0. The van der Waals surface area contributed by atoms with Gasteiger partial charge in [-0.3, -0.25) is 14.5 Å². The highest BCUT2D eigenvalue weighted by molar-refractivity contribution is 5.84. The number of hydrogen-bond donors (Lipinski definition) is 2. The molecule has 3 fully saturated rings. The Bertz CT molecular complexity index is 466. The fourth-order valence-corrected chi connectivity index (χ4v) is 3.63. The Balaban J connectivity index is 1.52. The number of piperazine rings is 1. The van der Waals surface area contributed by atoms with Gasteiger partial charge in [0.2, 0.25) is 11.8 Å². The second-order valence-corrected chi connectivity index (χ2v) is 7.38. The van der Waals surface area contributed by atoms with E-state index in [0.717, 1.165) is 25.9 Å². The number of rotatable bonds is 5. The van der Waals surface area contributed by atoms with Crippen LogP contribution in [0, 0.1) is 5.41 Å². The minimum atomic E-state index is -0.449. The summed E-state index contributed by atoms with van der Waals surface area (Å²) in [6.07, 6.45) is 3.63. The van der Waals surface area contributed by atoms with Gasteiger partial charge in [0, 0.05) is 52.0 Å². The molecule has 1 aliphatic carbocycles. The Labute approximate surface area is 143 Å². The largest absolute Gasteiger partial charge is 0.381 e. The van der Waals surface area contributed by atoms with Crippen molar-refractivity contribution in [1.29, 1.82) is 0 Å². The van der Waals surface area contributed by atoms with E-state index in [2.05, 4.69) is 10.2 Å². The van der Waals surface area contributed by atoms with Crippen molar-refractivity contribution in [2.75, 3.05) is 45.9 Å². The summed E-state index contributed by atoms with van der Waals surface area (Å²) in [5.74, 6) is 0.281. The molecule has 7 heteroatoms. The van der Waals surface area contributed by atoms with Crippen LogP contribution in [-0.2, 0) is 14.3 Å². The quantitative estimate of drug-likeness (QED) is 0.709. The van der Waals surface area contributed by atoms with Gasteiger partial charge in [0.15, 0.2) is 0 Å². The van der Waals surface area contributed by atoms with Gasteiger partial charge >= 0.3 is 0 Å². The number of nitrogens with two attached hydrogens (primary N) is 1. The lowest BCUT2D eigenvalue weighted by Gasteiger charge is -2.43. The molecular formula is C17H30N4O3. The molecule has 2 saturated heterocycles. The molecular weight excluding hydrogens is 308 g/mol. The van der Waals surface area contributed by atoms with Crippen molar-refractivity contribution in [3.8, 4) is 0 Å². The zero-order valence-corrected chi connectivity index (χ0v) is 14.6. The monoisotopic (exact) mass is 338 g/mol. The second kappa shape index (κ2) is 7.37. The predicted molar refractivity (Wildman–Crippen MR) is 90.3 cm³/mol. The van der Waals surface area contributed by atoms with Crippen LogP contribution < -0.4 is 11.1 Å². The lowest BCUT2D eigenvalue weighted by atomic mass is 9.78. The van der Waals surface area contributed by atoms with Crippen molar-refractivity contribution in [2.45, 2.75) is 44.7 Å². The minimum Gasteiger partial charge on any atom is -0.381 e. The van der Waals surface area contributed by atoms with Gasteiger partial charge in [0.05, 0.1) is 11.5 Å². The summed E-state index contributed by atoms with van der Waals surface area (Å²) in [4.78, 5) is 29.2. The molecule has 7 nitrogen and oxygen atoms in total. The van der Waals surface area contributed by atoms with Crippen LogP contribution in [0.2, 0.25) is 0 Å². The number of carbonyl (C=O) groups is 2. The summed E-state index contributed by atoms with van der Waals surface area (Å²) in [5.41, 5.74) is 5.50. The van der Waals surface area contributed by atoms with Gasteiger partial charge in [-0.05, 0) is 32.6 Å². The number of nitrogens with one attached hydrogen (secondary N) is 1. The van der Waals surface area contributed by atoms with E-state index >= 15 is 0 Å². The fourth-order valence-electron chi connectivity index (χ4n) is 3.63. The molecule has 3 aliphatic rings. The molecule has 0 spiro atoms. The lowest BCUT2D eigenvalue weighted by molar-refractivity contribution is -0.149. The van der Waals surface area contributed by atoms with Crippen molar-refractivity contribution in [3.05, 3.63) is 0 Å². The van der Waals surface area contributed by atoms with Crippen LogP contribution in [0.15, 0.2) is 0 Å². The van der Waals surface area contributed by atoms with E-state index in [9.17, 15) is 9.59 Å². The molecule has 0 aromatic rings. The molecule has 2 aliphatic heterocycles. The molecule has 3 N–H and O–H groups in total. The van der Waals surface area contributed by atoms with E-state index in [1.807, 2.05) is 11.8 Å². The SMILES string of the molecule is CC(C(=O)NC1CC1)N1CCN(C(=O)C2(CN)CCOCC2)CC1. The van der Waals surface area contributed by atoms with Crippen molar-refractivity contribution in [1.82, 2.24) is 15.1 Å². The highest BCUT2D eigenvalue weighted by Gasteiger charge is 2.42. The number of nitrogens with zero attached hydrogens (tertiary/aromatic N) is 2. The summed E-state index contributed by atoms with van der Waals surface area (Å²) in [6, 6.07) is 0.259. The molecule has 1 atom stereocenters. The summed E-state index contributed by atoms with van der Waals surface area (Å²) >= 11 is 0. The van der Waals surface area contributed by atoms with Crippen LogP contribution in [0.5, 0.6) is 0 Å². The Hall–Kier alpha value is -1.18.